The first-order valence-corrected chi connectivity index (χ1v) is 6.32. The van der Waals surface area contributed by atoms with Crippen molar-refractivity contribution in [3.8, 4) is 0 Å². The number of hydrogen-bond acceptors (Lipinski definition) is 2. The van der Waals surface area contributed by atoms with Gasteiger partial charge in [0.05, 0.1) is 0 Å². The van der Waals surface area contributed by atoms with E-state index in [0.717, 1.165) is 18.8 Å². The summed E-state index contributed by atoms with van der Waals surface area (Å²) in [7, 11) is 2.02. The third kappa shape index (κ3) is 2.78. The van der Waals surface area contributed by atoms with Crippen molar-refractivity contribution in [1.82, 2.24) is 0 Å². The number of benzene rings is 1. The van der Waals surface area contributed by atoms with Gasteiger partial charge >= 0.3 is 0 Å². The second-order valence-corrected chi connectivity index (χ2v) is 5.25. The Hall–Kier alpha value is -1.09. The summed E-state index contributed by atoms with van der Waals surface area (Å²) in [6, 6.07) is 6.76. The standard InChI is InChI=1S/C14H21FN2/c1-17(13-6-4-5-12(15)9-13)11-14(10-16)7-2-3-8-14/h4-6,9H,2-3,7-8,10-11,16H2,1H3. The molecule has 0 spiro atoms. The lowest BCUT2D eigenvalue weighted by Gasteiger charge is -2.33. The van der Waals surface area contributed by atoms with Crippen LogP contribution in [0.3, 0.4) is 0 Å². The van der Waals surface area contributed by atoms with Crippen LogP contribution in [0.25, 0.3) is 0 Å². The van der Waals surface area contributed by atoms with Crippen LogP contribution in [-0.2, 0) is 0 Å². The van der Waals surface area contributed by atoms with Crippen molar-refractivity contribution in [3.63, 3.8) is 0 Å². The van der Waals surface area contributed by atoms with E-state index >= 15 is 0 Å². The molecule has 0 saturated heterocycles. The summed E-state index contributed by atoms with van der Waals surface area (Å²) in [6.45, 7) is 1.65. The molecule has 0 aliphatic heterocycles. The van der Waals surface area contributed by atoms with Crippen LogP contribution >= 0.6 is 0 Å². The summed E-state index contributed by atoms with van der Waals surface area (Å²) in [5.74, 6) is -0.178. The van der Waals surface area contributed by atoms with Crippen molar-refractivity contribution in [2.75, 3.05) is 25.0 Å². The SMILES string of the molecule is CN(CC1(CN)CCCC1)c1cccc(F)c1. The van der Waals surface area contributed by atoms with Crippen LogP contribution in [0.15, 0.2) is 24.3 Å². The van der Waals surface area contributed by atoms with Gasteiger partial charge in [-0.2, -0.15) is 0 Å². The fourth-order valence-corrected chi connectivity index (χ4v) is 2.86. The Bertz CT molecular complexity index is 372. The Morgan fingerprint density at radius 3 is 2.65 bits per heavy atom. The second-order valence-electron chi connectivity index (χ2n) is 5.25. The van der Waals surface area contributed by atoms with Crippen LogP contribution in [0, 0.1) is 11.2 Å². The summed E-state index contributed by atoms with van der Waals surface area (Å²) in [4.78, 5) is 2.13. The van der Waals surface area contributed by atoms with E-state index in [2.05, 4.69) is 4.90 Å². The zero-order valence-electron chi connectivity index (χ0n) is 10.5. The maximum Gasteiger partial charge on any atom is 0.125 e. The van der Waals surface area contributed by atoms with Gasteiger partial charge in [-0.15, -0.1) is 0 Å². The van der Waals surface area contributed by atoms with Crippen molar-refractivity contribution in [3.05, 3.63) is 30.1 Å². The lowest BCUT2D eigenvalue weighted by atomic mass is 9.85. The van der Waals surface area contributed by atoms with Gasteiger partial charge in [0.25, 0.3) is 0 Å². The van der Waals surface area contributed by atoms with E-state index < -0.39 is 0 Å². The predicted octanol–water partition coefficient (Wildman–Crippen LogP) is 2.78. The average molecular weight is 236 g/mol. The summed E-state index contributed by atoms with van der Waals surface area (Å²) in [5, 5.41) is 0. The van der Waals surface area contributed by atoms with E-state index in [1.165, 1.54) is 31.7 Å². The Labute approximate surface area is 103 Å². The van der Waals surface area contributed by atoms with Crippen molar-refractivity contribution in [2.24, 2.45) is 11.1 Å². The molecule has 0 bridgehead atoms. The monoisotopic (exact) mass is 236 g/mol. The molecule has 1 aromatic rings. The van der Waals surface area contributed by atoms with Crippen LogP contribution in [0.4, 0.5) is 10.1 Å². The minimum Gasteiger partial charge on any atom is -0.374 e. The second kappa shape index (κ2) is 5.05. The van der Waals surface area contributed by atoms with Gasteiger partial charge in [0.1, 0.15) is 5.82 Å². The van der Waals surface area contributed by atoms with Crippen molar-refractivity contribution in [2.45, 2.75) is 25.7 Å². The molecule has 94 valence electrons. The van der Waals surface area contributed by atoms with Gasteiger partial charge in [-0.1, -0.05) is 18.9 Å². The molecule has 1 aliphatic carbocycles. The minimum atomic E-state index is -0.178. The smallest absolute Gasteiger partial charge is 0.125 e. The van der Waals surface area contributed by atoms with Gasteiger partial charge in [0, 0.05) is 24.7 Å². The third-order valence-corrected chi connectivity index (χ3v) is 3.92. The first-order valence-electron chi connectivity index (χ1n) is 6.32. The highest BCUT2D eigenvalue weighted by Crippen LogP contribution is 2.38. The summed E-state index contributed by atoms with van der Waals surface area (Å²) in [6.07, 6.45) is 4.94. The minimum absolute atomic E-state index is 0.178. The number of anilines is 1. The zero-order valence-corrected chi connectivity index (χ0v) is 10.5. The topological polar surface area (TPSA) is 29.3 Å². The molecule has 1 aromatic carbocycles. The fraction of sp³-hybridized carbons (Fsp3) is 0.571. The summed E-state index contributed by atoms with van der Waals surface area (Å²) in [5.41, 5.74) is 7.10. The zero-order chi connectivity index (χ0) is 12.3. The lowest BCUT2D eigenvalue weighted by Crippen LogP contribution is -2.39. The Kier molecular flexibility index (Phi) is 3.67. The Morgan fingerprint density at radius 1 is 1.35 bits per heavy atom. The van der Waals surface area contributed by atoms with Gasteiger partial charge in [-0.3, -0.25) is 0 Å². The molecule has 0 radical (unpaired) electrons. The third-order valence-electron chi connectivity index (χ3n) is 3.92. The van der Waals surface area contributed by atoms with Gasteiger partial charge < -0.3 is 10.6 Å². The molecule has 0 atom stereocenters. The van der Waals surface area contributed by atoms with Crippen molar-refractivity contribution < 1.29 is 4.39 Å². The first kappa shape index (κ1) is 12.4. The van der Waals surface area contributed by atoms with Gasteiger partial charge in [0.15, 0.2) is 0 Å². The van der Waals surface area contributed by atoms with Crippen LogP contribution in [0.5, 0.6) is 0 Å². The van der Waals surface area contributed by atoms with Gasteiger partial charge in [0.2, 0.25) is 0 Å². The molecule has 0 heterocycles. The molecular formula is C14H21FN2. The number of hydrogen-bond donors (Lipinski definition) is 1. The van der Waals surface area contributed by atoms with Crippen molar-refractivity contribution in [1.29, 1.82) is 0 Å². The highest BCUT2D eigenvalue weighted by molar-refractivity contribution is 5.45. The van der Waals surface area contributed by atoms with E-state index in [1.807, 2.05) is 13.1 Å². The van der Waals surface area contributed by atoms with Crippen molar-refractivity contribution >= 4 is 5.69 Å². The maximum absolute atomic E-state index is 13.2. The summed E-state index contributed by atoms with van der Waals surface area (Å²) >= 11 is 0. The molecule has 2 rings (SSSR count). The number of nitrogens with zero attached hydrogens (tertiary/aromatic N) is 1. The summed E-state index contributed by atoms with van der Waals surface area (Å²) < 4.78 is 13.2. The van der Waals surface area contributed by atoms with Gasteiger partial charge in [-0.25, -0.2) is 4.39 Å². The molecule has 3 heteroatoms. The van der Waals surface area contributed by atoms with Crippen LogP contribution in [-0.4, -0.2) is 20.1 Å². The van der Waals surface area contributed by atoms with E-state index in [1.54, 1.807) is 12.1 Å². The quantitative estimate of drug-likeness (QED) is 0.871. The molecule has 0 unspecified atom stereocenters. The molecule has 0 amide bonds. The van der Waals surface area contributed by atoms with E-state index in [4.69, 9.17) is 5.73 Å². The van der Waals surface area contributed by atoms with Gasteiger partial charge in [-0.05, 0) is 37.6 Å². The number of rotatable bonds is 4. The molecule has 2 N–H and O–H groups in total. The van der Waals surface area contributed by atoms with E-state index in [-0.39, 0.29) is 11.2 Å². The molecule has 0 aromatic heterocycles. The Morgan fingerprint density at radius 2 is 2.06 bits per heavy atom. The van der Waals surface area contributed by atoms with E-state index in [0.29, 0.717) is 0 Å². The highest BCUT2D eigenvalue weighted by atomic mass is 19.1. The number of nitrogens with two attached hydrogens (primary N) is 1. The largest absolute Gasteiger partial charge is 0.374 e. The molecular weight excluding hydrogens is 215 g/mol. The van der Waals surface area contributed by atoms with E-state index in [9.17, 15) is 4.39 Å². The highest BCUT2D eigenvalue weighted by Gasteiger charge is 2.33. The molecule has 1 aliphatic rings. The lowest BCUT2D eigenvalue weighted by molar-refractivity contribution is 0.316. The van der Waals surface area contributed by atoms with Crippen LogP contribution in [0.2, 0.25) is 0 Å². The fourth-order valence-electron chi connectivity index (χ4n) is 2.86. The normalized spacial score (nSPS) is 18.3. The Balaban J connectivity index is 2.07. The van der Waals surface area contributed by atoms with Crippen LogP contribution < -0.4 is 10.6 Å². The maximum atomic E-state index is 13.2. The predicted molar refractivity (Wildman–Crippen MR) is 69.6 cm³/mol. The molecule has 2 nitrogen and oxygen atoms in total. The average Bonchev–Trinajstić information content (AvgIpc) is 2.78. The van der Waals surface area contributed by atoms with Crippen LogP contribution in [0.1, 0.15) is 25.7 Å². The molecule has 1 fully saturated rings. The molecule has 17 heavy (non-hydrogen) atoms. The number of halogens is 1. The first-order chi connectivity index (χ1) is 8.15. The molecule has 1 saturated carbocycles.